The number of hydrogen-bond donors (Lipinski definition) is 2. The minimum atomic E-state index is -3.18. The van der Waals surface area contributed by atoms with Crippen LogP contribution in [0.2, 0.25) is 0 Å². The fraction of sp³-hybridized carbons (Fsp3) is 0.0714. The van der Waals surface area contributed by atoms with Crippen LogP contribution >= 0.6 is 12.2 Å². The molecule has 4 nitrogen and oxygen atoms in total. The van der Waals surface area contributed by atoms with Gasteiger partial charge in [0.05, 0.1) is 4.90 Å². The Balaban J connectivity index is 2.30. The summed E-state index contributed by atoms with van der Waals surface area (Å²) in [4.78, 5) is 0.589. The molecule has 2 aromatic carbocycles. The zero-order valence-electron chi connectivity index (χ0n) is 10.8. The van der Waals surface area contributed by atoms with E-state index in [1.807, 2.05) is 24.3 Å². The molecule has 0 fully saturated rings. The van der Waals surface area contributed by atoms with Crippen LogP contribution in [0.4, 0.5) is 11.4 Å². The summed E-state index contributed by atoms with van der Waals surface area (Å²) in [5, 5.41) is 3.17. The lowest BCUT2D eigenvalue weighted by Gasteiger charge is -2.11. The van der Waals surface area contributed by atoms with E-state index in [0.717, 1.165) is 16.9 Å². The molecule has 0 radical (unpaired) electrons. The highest BCUT2D eigenvalue weighted by atomic mass is 32.2. The molecule has 0 heterocycles. The van der Waals surface area contributed by atoms with E-state index in [9.17, 15) is 8.42 Å². The van der Waals surface area contributed by atoms with E-state index in [1.165, 1.54) is 6.26 Å². The summed E-state index contributed by atoms with van der Waals surface area (Å²) in [6.45, 7) is 0. The molecule has 0 atom stereocenters. The van der Waals surface area contributed by atoms with E-state index in [1.54, 1.807) is 24.3 Å². The van der Waals surface area contributed by atoms with Crippen LogP contribution in [0.25, 0.3) is 0 Å². The molecule has 3 N–H and O–H groups in total. The predicted molar refractivity (Wildman–Crippen MR) is 85.2 cm³/mol. The third kappa shape index (κ3) is 3.34. The molecule has 6 heteroatoms. The Kier molecular flexibility index (Phi) is 4.06. The summed E-state index contributed by atoms with van der Waals surface area (Å²) in [6, 6.07) is 13.9. The number of hydrogen-bond acceptors (Lipinski definition) is 4. The van der Waals surface area contributed by atoms with Gasteiger partial charge < -0.3 is 11.1 Å². The van der Waals surface area contributed by atoms with Crippen molar-refractivity contribution in [3.63, 3.8) is 0 Å². The lowest BCUT2D eigenvalue weighted by Crippen LogP contribution is -2.11. The fourth-order valence-corrected chi connectivity index (χ4v) is 2.56. The van der Waals surface area contributed by atoms with Gasteiger partial charge >= 0.3 is 0 Å². The average molecular weight is 306 g/mol. The highest BCUT2D eigenvalue weighted by Crippen LogP contribution is 2.22. The van der Waals surface area contributed by atoms with Crippen LogP contribution in [0, 0.1) is 0 Å². The quantitative estimate of drug-likeness (QED) is 0.849. The maximum Gasteiger partial charge on any atom is 0.175 e. The molecule has 0 bridgehead atoms. The summed E-state index contributed by atoms with van der Waals surface area (Å²) in [7, 11) is -3.18. The van der Waals surface area contributed by atoms with Crippen LogP contribution < -0.4 is 11.1 Å². The van der Waals surface area contributed by atoms with Gasteiger partial charge in [-0.3, -0.25) is 0 Å². The molecule has 20 heavy (non-hydrogen) atoms. The minimum Gasteiger partial charge on any atom is -0.389 e. The number of nitrogens with one attached hydrogen (secondary N) is 1. The molecule has 0 unspecified atom stereocenters. The summed E-state index contributed by atoms with van der Waals surface area (Å²) in [5.41, 5.74) is 7.96. The topological polar surface area (TPSA) is 72.2 Å². The van der Waals surface area contributed by atoms with Crippen LogP contribution in [-0.4, -0.2) is 19.7 Å². The van der Waals surface area contributed by atoms with Crippen LogP contribution in [0.1, 0.15) is 5.56 Å². The lowest BCUT2D eigenvalue weighted by molar-refractivity contribution is 0.602. The summed E-state index contributed by atoms with van der Waals surface area (Å²) < 4.78 is 22.8. The zero-order valence-corrected chi connectivity index (χ0v) is 12.5. The van der Waals surface area contributed by atoms with Gasteiger partial charge in [0.2, 0.25) is 0 Å². The van der Waals surface area contributed by atoms with Crippen molar-refractivity contribution in [3.05, 3.63) is 54.1 Å². The van der Waals surface area contributed by atoms with E-state index in [4.69, 9.17) is 18.0 Å². The zero-order chi connectivity index (χ0) is 14.8. The van der Waals surface area contributed by atoms with Gasteiger partial charge in [-0.25, -0.2) is 8.42 Å². The average Bonchev–Trinajstić information content (AvgIpc) is 2.38. The third-order valence-electron chi connectivity index (χ3n) is 2.75. The number of sulfone groups is 1. The van der Waals surface area contributed by atoms with Crippen LogP contribution in [-0.2, 0) is 9.84 Å². The first-order chi connectivity index (χ1) is 9.38. The van der Waals surface area contributed by atoms with Crippen LogP contribution in [0.5, 0.6) is 0 Å². The smallest absolute Gasteiger partial charge is 0.175 e. The van der Waals surface area contributed by atoms with Gasteiger partial charge in [0.1, 0.15) is 4.99 Å². The number of nitrogens with two attached hydrogens (primary N) is 1. The normalized spacial score (nSPS) is 11.1. The maximum atomic E-state index is 11.4. The van der Waals surface area contributed by atoms with Crippen molar-refractivity contribution in [2.24, 2.45) is 5.73 Å². The molecule has 0 aliphatic rings. The Morgan fingerprint density at radius 1 is 1.10 bits per heavy atom. The monoisotopic (exact) mass is 306 g/mol. The summed E-state index contributed by atoms with van der Waals surface area (Å²) >= 11 is 4.99. The second-order valence-corrected chi connectivity index (χ2v) is 6.79. The molecule has 0 aliphatic carbocycles. The molecule has 0 aromatic heterocycles. The van der Waals surface area contributed by atoms with E-state index in [2.05, 4.69) is 5.32 Å². The number of rotatable bonds is 4. The Hall–Kier alpha value is -1.92. The number of benzene rings is 2. The van der Waals surface area contributed by atoms with Gasteiger partial charge in [-0.15, -0.1) is 0 Å². The molecule has 0 amide bonds. The Morgan fingerprint density at radius 3 is 2.25 bits per heavy atom. The van der Waals surface area contributed by atoms with Crippen molar-refractivity contribution < 1.29 is 8.42 Å². The SMILES string of the molecule is CS(=O)(=O)c1ccc(Nc2ccccc2C(N)=S)cc1. The predicted octanol–water partition coefficient (Wildman–Crippen LogP) is 2.47. The van der Waals surface area contributed by atoms with Crippen LogP contribution in [0.15, 0.2) is 53.4 Å². The Bertz CT molecular complexity index is 738. The number of thiocarbonyl (C=S) groups is 1. The molecule has 0 spiro atoms. The molecule has 0 saturated heterocycles. The maximum absolute atomic E-state index is 11.4. The van der Waals surface area contributed by atoms with E-state index < -0.39 is 9.84 Å². The number of para-hydroxylation sites is 1. The minimum absolute atomic E-state index is 0.283. The van der Waals surface area contributed by atoms with E-state index >= 15 is 0 Å². The summed E-state index contributed by atoms with van der Waals surface area (Å²) in [6.07, 6.45) is 1.18. The van der Waals surface area contributed by atoms with Crippen molar-refractivity contribution in [2.75, 3.05) is 11.6 Å². The van der Waals surface area contributed by atoms with Crippen molar-refractivity contribution in [1.82, 2.24) is 0 Å². The molecule has 0 saturated carbocycles. The van der Waals surface area contributed by atoms with Gasteiger partial charge in [-0.05, 0) is 36.4 Å². The largest absolute Gasteiger partial charge is 0.389 e. The molecule has 104 valence electrons. The van der Waals surface area contributed by atoms with Crippen molar-refractivity contribution in [3.8, 4) is 0 Å². The third-order valence-corrected chi connectivity index (χ3v) is 4.10. The molecular formula is C14H14N2O2S2. The van der Waals surface area contributed by atoms with Crippen LogP contribution in [0.3, 0.4) is 0 Å². The highest BCUT2D eigenvalue weighted by molar-refractivity contribution is 7.90. The second kappa shape index (κ2) is 5.60. The Morgan fingerprint density at radius 2 is 1.70 bits per heavy atom. The first-order valence-corrected chi connectivity index (χ1v) is 8.14. The first-order valence-electron chi connectivity index (χ1n) is 5.84. The fourth-order valence-electron chi connectivity index (χ4n) is 1.75. The first kappa shape index (κ1) is 14.5. The van der Waals surface area contributed by atoms with Gasteiger partial charge in [0.25, 0.3) is 0 Å². The lowest BCUT2D eigenvalue weighted by atomic mass is 10.1. The van der Waals surface area contributed by atoms with E-state index in [-0.39, 0.29) is 4.90 Å². The van der Waals surface area contributed by atoms with Gasteiger partial charge in [-0.2, -0.15) is 0 Å². The van der Waals surface area contributed by atoms with Gasteiger partial charge in [0.15, 0.2) is 9.84 Å². The summed E-state index contributed by atoms with van der Waals surface area (Å²) in [5.74, 6) is 0. The molecule has 0 aliphatic heterocycles. The standard InChI is InChI=1S/C14H14N2O2S2/c1-20(17,18)11-8-6-10(7-9-11)16-13-5-3-2-4-12(13)14(15)19/h2-9,16H,1H3,(H2,15,19). The molecule has 2 rings (SSSR count). The Labute approximate surface area is 123 Å². The van der Waals surface area contributed by atoms with Crippen molar-refractivity contribution >= 4 is 38.4 Å². The van der Waals surface area contributed by atoms with E-state index in [0.29, 0.717) is 4.99 Å². The molecule has 2 aromatic rings. The molecular weight excluding hydrogens is 292 g/mol. The van der Waals surface area contributed by atoms with Crippen molar-refractivity contribution in [2.45, 2.75) is 4.90 Å². The second-order valence-electron chi connectivity index (χ2n) is 4.33. The number of anilines is 2. The van der Waals surface area contributed by atoms with Gasteiger partial charge in [0, 0.05) is 23.2 Å². The van der Waals surface area contributed by atoms with Gasteiger partial charge in [-0.1, -0.05) is 24.4 Å². The van der Waals surface area contributed by atoms with Crippen molar-refractivity contribution in [1.29, 1.82) is 0 Å². The highest BCUT2D eigenvalue weighted by Gasteiger charge is 2.07.